The van der Waals surface area contributed by atoms with Gasteiger partial charge in [-0.15, -0.1) is 0 Å². The van der Waals surface area contributed by atoms with Crippen molar-refractivity contribution in [2.24, 2.45) is 0 Å². The van der Waals surface area contributed by atoms with Gasteiger partial charge in [-0.3, -0.25) is 13.9 Å². The van der Waals surface area contributed by atoms with Gasteiger partial charge < -0.3 is 34.6 Å². The Bertz CT molecular complexity index is 985. The molecule has 3 unspecified atom stereocenters. The van der Waals surface area contributed by atoms with Gasteiger partial charge in [0.2, 0.25) is 0 Å². The highest BCUT2D eigenvalue weighted by atomic mass is 31.3. The van der Waals surface area contributed by atoms with E-state index in [-0.39, 0.29) is 11.2 Å². The number of phosphoric ester groups is 1. The Balaban J connectivity index is 1.76. The SMILES string of the molecule is O=c1[nH]cnc2c1ncn2[C@@H]1O[C@H](COP(=O)(O)OP(=O)(O)O)C(O)C1O. The van der Waals surface area contributed by atoms with Gasteiger partial charge in [-0.05, 0) is 0 Å². The summed E-state index contributed by atoms with van der Waals surface area (Å²) >= 11 is 0. The van der Waals surface area contributed by atoms with Crippen LogP contribution in [0.3, 0.4) is 0 Å². The summed E-state index contributed by atoms with van der Waals surface area (Å²) in [5.74, 6) is 0. The predicted octanol–water partition coefficient (Wildman–Crippen LogP) is -2.03. The van der Waals surface area contributed by atoms with E-state index in [1.54, 1.807) is 0 Å². The Morgan fingerprint density at radius 2 is 1.93 bits per heavy atom. The van der Waals surface area contributed by atoms with Crippen molar-refractivity contribution < 1.29 is 47.6 Å². The van der Waals surface area contributed by atoms with Gasteiger partial charge >= 0.3 is 15.6 Å². The zero-order valence-corrected chi connectivity index (χ0v) is 14.9. The highest BCUT2D eigenvalue weighted by Gasteiger charge is 2.46. The third-order valence-corrected chi connectivity index (χ3v) is 5.74. The van der Waals surface area contributed by atoms with Crippen LogP contribution in [0.15, 0.2) is 17.4 Å². The number of hydrogen-bond donors (Lipinski definition) is 6. The Kier molecular flexibility index (Phi) is 5.35. The van der Waals surface area contributed by atoms with Gasteiger partial charge in [0.15, 0.2) is 17.4 Å². The molecule has 0 aliphatic carbocycles. The molecule has 5 atom stereocenters. The van der Waals surface area contributed by atoms with E-state index in [9.17, 15) is 29.0 Å². The minimum absolute atomic E-state index is 0.0441. The molecule has 0 saturated carbocycles. The molecule has 1 aliphatic rings. The van der Waals surface area contributed by atoms with Crippen molar-refractivity contribution in [3.05, 3.63) is 23.0 Å². The van der Waals surface area contributed by atoms with Gasteiger partial charge in [0.05, 0.1) is 19.3 Å². The fourth-order valence-corrected chi connectivity index (χ4v) is 4.07. The summed E-state index contributed by atoms with van der Waals surface area (Å²) in [4.78, 5) is 48.0. The van der Waals surface area contributed by atoms with E-state index in [2.05, 4.69) is 23.8 Å². The first-order chi connectivity index (χ1) is 12.5. The van der Waals surface area contributed by atoms with E-state index in [0.717, 1.165) is 12.7 Å². The second kappa shape index (κ2) is 7.14. The molecule has 0 spiro atoms. The normalized spacial score (nSPS) is 28.5. The Morgan fingerprint density at radius 1 is 1.22 bits per heavy atom. The first-order valence-electron chi connectivity index (χ1n) is 7.14. The molecule has 2 aromatic heterocycles. The Labute approximate surface area is 149 Å². The van der Waals surface area contributed by atoms with Crippen LogP contribution in [0.5, 0.6) is 0 Å². The van der Waals surface area contributed by atoms with Crippen molar-refractivity contribution in [3.63, 3.8) is 0 Å². The molecule has 3 heterocycles. The van der Waals surface area contributed by atoms with Gasteiger partial charge in [-0.25, -0.2) is 19.1 Å². The molecular weight excluding hydrogens is 414 g/mol. The second-order valence-corrected chi connectivity index (χ2v) is 8.27. The summed E-state index contributed by atoms with van der Waals surface area (Å²) in [5, 5.41) is 20.2. The molecule has 6 N–H and O–H groups in total. The molecule has 1 aliphatic heterocycles. The van der Waals surface area contributed by atoms with Crippen LogP contribution in [0.2, 0.25) is 0 Å². The molecule has 15 nitrogen and oxygen atoms in total. The number of nitrogens with one attached hydrogen (secondary N) is 1. The van der Waals surface area contributed by atoms with Crippen LogP contribution in [0.4, 0.5) is 0 Å². The smallest absolute Gasteiger partial charge is 0.387 e. The molecule has 150 valence electrons. The number of hydrogen-bond acceptors (Lipinski definition) is 10. The summed E-state index contributed by atoms with van der Waals surface area (Å²) < 4.78 is 36.6. The minimum atomic E-state index is -5.30. The standard InChI is InChI=1S/C10H14N4O11P2/c15-6-4(1-23-27(21,22)25-26(18,19)20)24-10(7(6)16)14-3-13-5-8(14)11-2-12-9(5)17/h2-4,6-7,10,15-16H,1H2,(H,21,22)(H,11,12,17)(H2,18,19,20)/t4-,6?,7?,10-/m1/s1. The van der Waals surface area contributed by atoms with Gasteiger partial charge in [-0.1, -0.05) is 0 Å². The van der Waals surface area contributed by atoms with Gasteiger partial charge in [0.1, 0.15) is 18.3 Å². The molecule has 17 heteroatoms. The lowest BCUT2D eigenvalue weighted by Gasteiger charge is -2.17. The summed E-state index contributed by atoms with van der Waals surface area (Å²) in [7, 11) is -10.5. The lowest BCUT2D eigenvalue weighted by molar-refractivity contribution is -0.0503. The Morgan fingerprint density at radius 3 is 2.59 bits per heavy atom. The lowest BCUT2D eigenvalue weighted by atomic mass is 10.1. The maximum atomic E-state index is 11.7. The van der Waals surface area contributed by atoms with Crippen molar-refractivity contribution in [2.75, 3.05) is 6.61 Å². The van der Waals surface area contributed by atoms with E-state index in [1.165, 1.54) is 4.57 Å². The monoisotopic (exact) mass is 428 g/mol. The van der Waals surface area contributed by atoms with E-state index < -0.39 is 52.4 Å². The van der Waals surface area contributed by atoms with Crippen LogP contribution < -0.4 is 5.56 Å². The van der Waals surface area contributed by atoms with Gasteiger partial charge in [0, 0.05) is 0 Å². The third kappa shape index (κ3) is 4.33. The van der Waals surface area contributed by atoms with Crippen molar-refractivity contribution in [1.82, 2.24) is 19.5 Å². The fourth-order valence-electron chi connectivity index (χ4n) is 2.47. The molecule has 0 bridgehead atoms. The molecule has 1 saturated heterocycles. The number of ether oxygens (including phenoxy) is 1. The zero-order chi connectivity index (χ0) is 20.0. The number of aliphatic hydroxyl groups excluding tert-OH is 2. The summed E-state index contributed by atoms with van der Waals surface area (Å²) in [6.07, 6.45) is -3.56. The van der Waals surface area contributed by atoms with Crippen molar-refractivity contribution in [1.29, 1.82) is 0 Å². The van der Waals surface area contributed by atoms with Crippen molar-refractivity contribution >= 4 is 26.8 Å². The fraction of sp³-hybridized carbons (Fsp3) is 0.500. The van der Waals surface area contributed by atoms with E-state index >= 15 is 0 Å². The number of nitrogens with zero attached hydrogens (tertiary/aromatic N) is 3. The molecule has 0 radical (unpaired) electrons. The molecule has 27 heavy (non-hydrogen) atoms. The van der Waals surface area contributed by atoms with Crippen LogP contribution in [0.1, 0.15) is 6.23 Å². The highest BCUT2D eigenvalue weighted by Crippen LogP contribution is 2.57. The van der Waals surface area contributed by atoms with Crippen LogP contribution in [-0.2, 0) is 22.7 Å². The van der Waals surface area contributed by atoms with E-state index in [4.69, 9.17) is 14.5 Å². The maximum absolute atomic E-state index is 11.7. The highest BCUT2D eigenvalue weighted by molar-refractivity contribution is 7.60. The van der Waals surface area contributed by atoms with Crippen molar-refractivity contribution in [2.45, 2.75) is 24.5 Å². The summed E-state index contributed by atoms with van der Waals surface area (Å²) in [6.45, 7) is -0.844. The first-order valence-corrected chi connectivity index (χ1v) is 10.2. The number of imidazole rings is 1. The minimum Gasteiger partial charge on any atom is -0.387 e. The summed E-state index contributed by atoms with van der Waals surface area (Å²) in [5.41, 5.74) is -0.533. The van der Waals surface area contributed by atoms with Crippen LogP contribution >= 0.6 is 15.6 Å². The Hall–Kier alpha value is -1.51. The second-order valence-electron chi connectivity index (χ2n) is 5.44. The van der Waals surface area contributed by atoms with Crippen LogP contribution in [0, 0.1) is 0 Å². The number of H-pyrrole nitrogens is 1. The molecular formula is C10H14N4O11P2. The zero-order valence-electron chi connectivity index (χ0n) is 13.1. The molecule has 2 aromatic rings. The van der Waals surface area contributed by atoms with Crippen LogP contribution in [-0.4, -0.2) is 69.3 Å². The van der Waals surface area contributed by atoms with Gasteiger partial charge in [-0.2, -0.15) is 4.31 Å². The van der Waals surface area contributed by atoms with Crippen molar-refractivity contribution in [3.8, 4) is 0 Å². The number of fused-ring (bicyclic) bond motifs is 1. The third-order valence-electron chi connectivity index (χ3n) is 3.59. The summed E-state index contributed by atoms with van der Waals surface area (Å²) in [6, 6.07) is 0. The largest absolute Gasteiger partial charge is 0.481 e. The number of aliphatic hydroxyl groups is 2. The van der Waals surface area contributed by atoms with Crippen LogP contribution in [0.25, 0.3) is 11.2 Å². The van der Waals surface area contributed by atoms with E-state index in [0.29, 0.717) is 0 Å². The topological polar surface area (TPSA) is 227 Å². The predicted molar refractivity (Wildman–Crippen MR) is 83.0 cm³/mol. The van der Waals surface area contributed by atoms with Gasteiger partial charge in [0.25, 0.3) is 5.56 Å². The van der Waals surface area contributed by atoms with E-state index in [1.807, 2.05) is 0 Å². The average Bonchev–Trinajstić information content (AvgIpc) is 3.07. The molecule has 3 rings (SSSR count). The number of rotatable bonds is 6. The molecule has 0 aromatic carbocycles. The molecule has 0 amide bonds. The number of aromatic nitrogens is 4. The number of phosphoric acid groups is 2. The first kappa shape index (κ1) is 20.2. The molecule has 1 fully saturated rings. The number of aromatic amines is 1. The lowest BCUT2D eigenvalue weighted by Crippen LogP contribution is -2.33. The average molecular weight is 428 g/mol. The maximum Gasteiger partial charge on any atom is 0.481 e. The quantitative estimate of drug-likeness (QED) is 0.273.